The van der Waals surface area contributed by atoms with Gasteiger partial charge in [-0.05, 0) is 42.4 Å². The summed E-state index contributed by atoms with van der Waals surface area (Å²) in [6.07, 6.45) is 4.93. The van der Waals surface area contributed by atoms with Crippen LogP contribution in [0.15, 0.2) is 28.7 Å². The monoisotopic (exact) mass is 316 g/mol. The van der Waals surface area contributed by atoms with Crippen LogP contribution in [0, 0.1) is 11.8 Å². The molecule has 0 aromatic heterocycles. The quantitative estimate of drug-likeness (QED) is 0.568. The average Bonchev–Trinajstić information content (AvgIpc) is 2.31. The second kappa shape index (κ2) is 8.16. The van der Waals surface area contributed by atoms with Gasteiger partial charge in [-0.2, -0.15) is 0 Å². The first-order valence-electron chi connectivity index (χ1n) is 6.46. The molecule has 96 valence electrons. The Balaban J connectivity index is 2.48. The molecule has 1 aromatic rings. The third kappa shape index (κ3) is 5.92. The molecule has 17 heavy (non-hydrogen) atoms. The van der Waals surface area contributed by atoms with Gasteiger partial charge in [0.1, 0.15) is 0 Å². The molecule has 0 amide bonds. The van der Waals surface area contributed by atoms with Gasteiger partial charge in [0.15, 0.2) is 0 Å². The molecule has 0 aliphatic carbocycles. The van der Waals surface area contributed by atoms with Crippen molar-refractivity contribution in [3.63, 3.8) is 0 Å². The van der Waals surface area contributed by atoms with Crippen molar-refractivity contribution < 1.29 is 0 Å². The molecule has 0 spiro atoms. The van der Waals surface area contributed by atoms with Crippen molar-refractivity contribution in [1.29, 1.82) is 0 Å². The molecule has 0 aliphatic rings. The van der Waals surface area contributed by atoms with E-state index in [9.17, 15) is 0 Å². The van der Waals surface area contributed by atoms with E-state index in [4.69, 9.17) is 11.6 Å². The van der Waals surface area contributed by atoms with E-state index in [-0.39, 0.29) is 0 Å². The highest BCUT2D eigenvalue weighted by Crippen LogP contribution is 2.22. The Bertz CT molecular complexity index is 307. The molecule has 1 aromatic carbocycles. The number of hydrogen-bond donors (Lipinski definition) is 0. The zero-order chi connectivity index (χ0) is 12.7. The van der Waals surface area contributed by atoms with Crippen LogP contribution in [0.1, 0.15) is 38.7 Å². The fourth-order valence-electron chi connectivity index (χ4n) is 2.33. The lowest BCUT2D eigenvalue weighted by molar-refractivity contribution is 0.393. The van der Waals surface area contributed by atoms with E-state index in [2.05, 4.69) is 54.0 Å². The van der Waals surface area contributed by atoms with Gasteiger partial charge in [0, 0.05) is 10.4 Å². The highest BCUT2D eigenvalue weighted by molar-refractivity contribution is 9.10. The van der Waals surface area contributed by atoms with E-state index in [1.54, 1.807) is 0 Å². The molecule has 0 N–H and O–H groups in total. The molecule has 2 heteroatoms. The molecule has 0 fully saturated rings. The van der Waals surface area contributed by atoms with Crippen LogP contribution in [0.2, 0.25) is 0 Å². The van der Waals surface area contributed by atoms with Crippen LogP contribution in [0.5, 0.6) is 0 Å². The Kier molecular flexibility index (Phi) is 7.22. The maximum absolute atomic E-state index is 6.08. The lowest BCUT2D eigenvalue weighted by Crippen LogP contribution is -2.11. The molecule has 0 heterocycles. The van der Waals surface area contributed by atoms with E-state index >= 15 is 0 Å². The van der Waals surface area contributed by atoms with Crippen molar-refractivity contribution in [2.45, 2.75) is 39.5 Å². The van der Waals surface area contributed by atoms with Crippen molar-refractivity contribution >= 4 is 27.5 Å². The van der Waals surface area contributed by atoms with E-state index < -0.39 is 0 Å². The Hall–Kier alpha value is -0.0100. The first-order valence-corrected chi connectivity index (χ1v) is 7.78. The molecular formula is C15H22BrCl. The Morgan fingerprint density at radius 3 is 2.41 bits per heavy atom. The van der Waals surface area contributed by atoms with Crippen molar-refractivity contribution in [3.8, 4) is 0 Å². The predicted octanol–water partition coefficient (Wildman–Crippen LogP) is 5.67. The number of alkyl halides is 1. The SMILES string of the molecule is CCCC(C)CC(CCl)Cc1ccc(Br)cc1. The van der Waals surface area contributed by atoms with Gasteiger partial charge in [0.25, 0.3) is 0 Å². The van der Waals surface area contributed by atoms with Gasteiger partial charge in [0.05, 0.1) is 0 Å². The fourth-order valence-corrected chi connectivity index (χ4v) is 2.83. The first-order chi connectivity index (χ1) is 8.15. The standard InChI is InChI=1S/C15H22BrCl/c1-3-4-12(2)9-14(11-17)10-13-5-7-15(16)8-6-13/h5-8,12,14H,3-4,9-11H2,1-2H3. The normalized spacial score (nSPS) is 14.6. The Morgan fingerprint density at radius 2 is 1.88 bits per heavy atom. The summed E-state index contributed by atoms with van der Waals surface area (Å²) in [6, 6.07) is 8.59. The minimum absolute atomic E-state index is 0.611. The summed E-state index contributed by atoms with van der Waals surface area (Å²) in [4.78, 5) is 0. The molecular weight excluding hydrogens is 296 g/mol. The highest BCUT2D eigenvalue weighted by atomic mass is 79.9. The van der Waals surface area contributed by atoms with Gasteiger partial charge >= 0.3 is 0 Å². The second-order valence-corrected chi connectivity index (χ2v) is 6.20. The van der Waals surface area contributed by atoms with Crippen LogP contribution in [-0.4, -0.2) is 5.88 Å². The van der Waals surface area contributed by atoms with Gasteiger partial charge in [-0.15, -0.1) is 11.6 Å². The lowest BCUT2D eigenvalue weighted by atomic mass is 9.89. The smallest absolute Gasteiger partial charge is 0.0255 e. The van der Waals surface area contributed by atoms with Crippen LogP contribution in [0.4, 0.5) is 0 Å². The van der Waals surface area contributed by atoms with Crippen LogP contribution in [0.25, 0.3) is 0 Å². The highest BCUT2D eigenvalue weighted by Gasteiger charge is 2.12. The van der Waals surface area contributed by atoms with Gasteiger partial charge in [0.2, 0.25) is 0 Å². The van der Waals surface area contributed by atoms with Gasteiger partial charge in [-0.3, -0.25) is 0 Å². The summed E-state index contributed by atoms with van der Waals surface area (Å²) in [5.41, 5.74) is 1.39. The van der Waals surface area contributed by atoms with Crippen LogP contribution < -0.4 is 0 Å². The van der Waals surface area contributed by atoms with E-state index in [1.165, 1.54) is 24.8 Å². The van der Waals surface area contributed by atoms with Gasteiger partial charge < -0.3 is 0 Å². The summed E-state index contributed by atoms with van der Waals surface area (Å²) in [7, 11) is 0. The Labute approximate surface area is 119 Å². The van der Waals surface area contributed by atoms with Crippen molar-refractivity contribution in [2.24, 2.45) is 11.8 Å². The van der Waals surface area contributed by atoms with Crippen LogP contribution >= 0.6 is 27.5 Å². The number of hydrogen-bond acceptors (Lipinski definition) is 0. The number of halogens is 2. The molecule has 0 aliphatic heterocycles. The summed E-state index contributed by atoms with van der Waals surface area (Å²) in [5.74, 6) is 2.17. The maximum atomic E-state index is 6.08. The summed E-state index contributed by atoms with van der Waals surface area (Å²) < 4.78 is 1.14. The van der Waals surface area contributed by atoms with E-state index in [0.717, 1.165) is 22.7 Å². The van der Waals surface area contributed by atoms with Crippen molar-refractivity contribution in [1.82, 2.24) is 0 Å². The third-order valence-corrected chi connectivity index (χ3v) is 4.14. The zero-order valence-electron chi connectivity index (χ0n) is 10.8. The maximum Gasteiger partial charge on any atom is 0.0255 e. The fraction of sp³-hybridized carbons (Fsp3) is 0.600. The summed E-state index contributed by atoms with van der Waals surface area (Å²) in [6.45, 7) is 4.59. The topological polar surface area (TPSA) is 0 Å². The molecule has 1 rings (SSSR count). The number of rotatable bonds is 7. The van der Waals surface area contributed by atoms with Crippen molar-refractivity contribution in [2.75, 3.05) is 5.88 Å². The Morgan fingerprint density at radius 1 is 1.24 bits per heavy atom. The third-order valence-electron chi connectivity index (χ3n) is 3.17. The first kappa shape index (κ1) is 15.0. The van der Waals surface area contributed by atoms with Crippen LogP contribution in [0.3, 0.4) is 0 Å². The lowest BCUT2D eigenvalue weighted by Gasteiger charge is -2.18. The van der Waals surface area contributed by atoms with Gasteiger partial charge in [-0.25, -0.2) is 0 Å². The zero-order valence-corrected chi connectivity index (χ0v) is 13.1. The molecule has 0 saturated heterocycles. The second-order valence-electron chi connectivity index (χ2n) is 4.98. The summed E-state index contributed by atoms with van der Waals surface area (Å²) in [5, 5.41) is 0. The summed E-state index contributed by atoms with van der Waals surface area (Å²) >= 11 is 9.55. The molecule has 0 saturated carbocycles. The minimum atomic E-state index is 0.611. The molecule has 2 unspecified atom stereocenters. The average molecular weight is 318 g/mol. The van der Waals surface area contributed by atoms with Gasteiger partial charge in [-0.1, -0.05) is 54.8 Å². The minimum Gasteiger partial charge on any atom is -0.126 e. The van der Waals surface area contributed by atoms with Crippen molar-refractivity contribution in [3.05, 3.63) is 34.3 Å². The van der Waals surface area contributed by atoms with Crippen LogP contribution in [-0.2, 0) is 6.42 Å². The van der Waals surface area contributed by atoms with E-state index in [0.29, 0.717) is 5.92 Å². The molecule has 0 radical (unpaired) electrons. The largest absolute Gasteiger partial charge is 0.126 e. The molecule has 2 atom stereocenters. The number of benzene rings is 1. The molecule has 0 bridgehead atoms. The molecule has 0 nitrogen and oxygen atoms in total. The van der Waals surface area contributed by atoms with E-state index in [1.807, 2.05) is 0 Å². The predicted molar refractivity (Wildman–Crippen MR) is 80.7 cm³/mol.